The molecule has 1 unspecified atom stereocenters. The van der Waals surface area contributed by atoms with Crippen molar-refractivity contribution in [2.75, 3.05) is 32.8 Å². The van der Waals surface area contributed by atoms with Crippen LogP contribution in [0.3, 0.4) is 0 Å². The Hall–Kier alpha value is -3.10. The topological polar surface area (TPSA) is 72.3 Å². The van der Waals surface area contributed by atoms with E-state index in [1.54, 1.807) is 23.1 Å². The second-order valence-electron chi connectivity index (χ2n) is 8.13. The summed E-state index contributed by atoms with van der Waals surface area (Å²) in [5.41, 5.74) is 2.15. The number of nitrogens with zero attached hydrogens (tertiary/aromatic N) is 4. The molecule has 1 saturated heterocycles. The van der Waals surface area contributed by atoms with Crippen molar-refractivity contribution in [3.8, 4) is 5.82 Å². The molecule has 0 radical (unpaired) electrons. The molecule has 1 amide bonds. The van der Waals surface area contributed by atoms with Gasteiger partial charge < -0.3 is 10.1 Å². The molecule has 4 rings (SSSR count). The molecule has 7 nitrogen and oxygen atoms in total. The zero-order valence-corrected chi connectivity index (χ0v) is 18.4. The summed E-state index contributed by atoms with van der Waals surface area (Å²) in [5, 5.41) is 7.49. The number of benzene rings is 1. The first kappa shape index (κ1) is 22.1. The molecule has 8 heteroatoms. The van der Waals surface area contributed by atoms with E-state index in [1.165, 1.54) is 12.1 Å². The van der Waals surface area contributed by atoms with E-state index in [-0.39, 0.29) is 23.7 Å². The Morgan fingerprint density at radius 1 is 1.19 bits per heavy atom. The summed E-state index contributed by atoms with van der Waals surface area (Å²) < 4.78 is 21.1. The van der Waals surface area contributed by atoms with E-state index in [9.17, 15) is 9.18 Å². The van der Waals surface area contributed by atoms with Gasteiger partial charge in [-0.2, -0.15) is 5.10 Å². The fraction of sp³-hybridized carbons (Fsp3) is 0.375. The molecule has 1 aromatic carbocycles. The third kappa shape index (κ3) is 4.87. The van der Waals surface area contributed by atoms with Crippen LogP contribution >= 0.6 is 0 Å². The number of rotatable bonds is 7. The maximum absolute atomic E-state index is 13.9. The van der Waals surface area contributed by atoms with Gasteiger partial charge in [0.25, 0.3) is 5.91 Å². The maximum Gasteiger partial charge on any atom is 0.254 e. The van der Waals surface area contributed by atoms with E-state index in [2.05, 4.69) is 20.3 Å². The molecule has 0 bridgehead atoms. The first-order valence-corrected chi connectivity index (χ1v) is 10.9. The van der Waals surface area contributed by atoms with Gasteiger partial charge in [-0.15, -0.1) is 0 Å². The number of carbonyl (C=O) groups excluding carboxylic acids is 1. The molecular weight excluding hydrogens is 409 g/mol. The molecule has 32 heavy (non-hydrogen) atoms. The van der Waals surface area contributed by atoms with Gasteiger partial charge >= 0.3 is 0 Å². The zero-order chi connectivity index (χ0) is 22.5. The van der Waals surface area contributed by atoms with Crippen LogP contribution in [0.4, 0.5) is 4.39 Å². The number of aromatic nitrogens is 3. The van der Waals surface area contributed by atoms with Crippen LogP contribution in [-0.2, 0) is 4.74 Å². The predicted octanol–water partition coefficient (Wildman–Crippen LogP) is 3.33. The van der Waals surface area contributed by atoms with Crippen LogP contribution in [0.15, 0.2) is 54.9 Å². The van der Waals surface area contributed by atoms with Crippen molar-refractivity contribution in [3.63, 3.8) is 0 Å². The van der Waals surface area contributed by atoms with Gasteiger partial charge in [-0.25, -0.2) is 14.1 Å². The van der Waals surface area contributed by atoms with Crippen LogP contribution in [0.2, 0.25) is 0 Å². The van der Waals surface area contributed by atoms with Gasteiger partial charge in [0, 0.05) is 25.8 Å². The molecule has 3 aromatic rings. The monoisotopic (exact) mass is 437 g/mol. The molecule has 1 N–H and O–H groups in total. The van der Waals surface area contributed by atoms with Gasteiger partial charge in [0.2, 0.25) is 0 Å². The first-order chi connectivity index (χ1) is 15.5. The normalized spacial score (nSPS) is 15.6. The second-order valence-corrected chi connectivity index (χ2v) is 8.13. The first-order valence-electron chi connectivity index (χ1n) is 10.9. The number of pyridine rings is 1. The Kier molecular flexibility index (Phi) is 6.92. The number of hydrogen-bond donors (Lipinski definition) is 1. The van der Waals surface area contributed by atoms with Crippen molar-refractivity contribution in [3.05, 3.63) is 77.5 Å². The molecule has 0 aliphatic carbocycles. The third-order valence-corrected chi connectivity index (χ3v) is 5.64. The van der Waals surface area contributed by atoms with Crippen LogP contribution < -0.4 is 5.32 Å². The van der Waals surface area contributed by atoms with Crippen LogP contribution in [0.5, 0.6) is 0 Å². The van der Waals surface area contributed by atoms with E-state index in [4.69, 9.17) is 4.74 Å². The number of hydrogen-bond acceptors (Lipinski definition) is 5. The van der Waals surface area contributed by atoms with Crippen molar-refractivity contribution in [2.24, 2.45) is 0 Å². The highest BCUT2D eigenvalue weighted by Crippen LogP contribution is 2.24. The van der Waals surface area contributed by atoms with E-state index in [0.29, 0.717) is 31.1 Å². The van der Waals surface area contributed by atoms with Crippen LogP contribution in [0.1, 0.15) is 47.4 Å². The highest BCUT2D eigenvalue weighted by molar-refractivity contribution is 5.95. The maximum atomic E-state index is 13.9. The number of ether oxygens (including phenoxy) is 1. The molecule has 1 fully saturated rings. The van der Waals surface area contributed by atoms with E-state index >= 15 is 0 Å². The van der Waals surface area contributed by atoms with Crippen LogP contribution in [0.25, 0.3) is 5.82 Å². The number of carbonyl (C=O) groups is 1. The fourth-order valence-corrected chi connectivity index (χ4v) is 4.10. The molecule has 1 aliphatic rings. The Morgan fingerprint density at radius 3 is 2.69 bits per heavy atom. The summed E-state index contributed by atoms with van der Waals surface area (Å²) in [4.78, 5) is 19.8. The number of halogens is 1. The lowest BCUT2D eigenvalue weighted by atomic mass is 10.0. The Bertz CT molecular complexity index is 1050. The molecule has 3 heterocycles. The Morgan fingerprint density at radius 2 is 2.00 bits per heavy atom. The van der Waals surface area contributed by atoms with Gasteiger partial charge in [-0.3, -0.25) is 9.69 Å². The van der Waals surface area contributed by atoms with Crippen molar-refractivity contribution in [1.82, 2.24) is 25.0 Å². The van der Waals surface area contributed by atoms with Crippen LogP contribution in [-0.4, -0.2) is 58.4 Å². The third-order valence-electron chi connectivity index (χ3n) is 5.64. The highest BCUT2D eigenvalue weighted by atomic mass is 19.1. The predicted molar refractivity (Wildman–Crippen MR) is 119 cm³/mol. The highest BCUT2D eigenvalue weighted by Gasteiger charge is 2.26. The SMILES string of the molecule is CC(C)c1c(C(=O)NCC(c2cccc(F)c2)N2CCOCC2)cnn1-c1ccccn1. The van der Waals surface area contributed by atoms with Gasteiger partial charge in [-0.05, 0) is 35.7 Å². The zero-order valence-electron chi connectivity index (χ0n) is 18.4. The smallest absolute Gasteiger partial charge is 0.254 e. The number of amides is 1. The molecule has 168 valence electrons. The Balaban J connectivity index is 1.56. The summed E-state index contributed by atoms with van der Waals surface area (Å²) in [6, 6.07) is 12.0. The minimum atomic E-state index is -0.286. The Labute approximate surface area is 187 Å². The number of morpholine rings is 1. The van der Waals surface area contributed by atoms with Gasteiger partial charge in [0.1, 0.15) is 5.82 Å². The van der Waals surface area contributed by atoms with E-state index in [1.807, 2.05) is 38.1 Å². The van der Waals surface area contributed by atoms with E-state index in [0.717, 1.165) is 24.3 Å². The molecule has 1 aliphatic heterocycles. The molecular formula is C24H28FN5O2. The summed E-state index contributed by atoms with van der Waals surface area (Å²) in [5.74, 6) is 0.246. The lowest BCUT2D eigenvalue weighted by Crippen LogP contribution is -2.44. The summed E-state index contributed by atoms with van der Waals surface area (Å²) in [6.45, 7) is 7.10. The van der Waals surface area contributed by atoms with Crippen LogP contribution in [0, 0.1) is 5.82 Å². The van der Waals surface area contributed by atoms with Gasteiger partial charge in [-0.1, -0.05) is 32.0 Å². The van der Waals surface area contributed by atoms with Gasteiger partial charge in [0.05, 0.1) is 36.7 Å². The van der Waals surface area contributed by atoms with E-state index < -0.39 is 0 Å². The largest absolute Gasteiger partial charge is 0.379 e. The van der Waals surface area contributed by atoms with Crippen molar-refractivity contribution < 1.29 is 13.9 Å². The molecule has 0 saturated carbocycles. The second kappa shape index (κ2) is 10.0. The summed E-state index contributed by atoms with van der Waals surface area (Å²) >= 11 is 0. The van der Waals surface area contributed by atoms with Crippen molar-refractivity contribution in [1.29, 1.82) is 0 Å². The quantitative estimate of drug-likeness (QED) is 0.614. The molecule has 1 atom stereocenters. The standard InChI is InChI=1S/C24H28FN5O2/c1-17(2)23-20(15-28-30(23)22-8-3-4-9-26-22)24(31)27-16-21(29-10-12-32-13-11-29)18-6-5-7-19(25)14-18/h3-9,14-15,17,21H,10-13,16H2,1-2H3,(H,27,31). The average Bonchev–Trinajstić information content (AvgIpc) is 3.26. The lowest BCUT2D eigenvalue weighted by molar-refractivity contribution is 0.0162. The number of nitrogens with one attached hydrogen (secondary N) is 1. The summed E-state index contributed by atoms with van der Waals surface area (Å²) in [7, 11) is 0. The molecule has 2 aromatic heterocycles. The summed E-state index contributed by atoms with van der Waals surface area (Å²) in [6.07, 6.45) is 3.29. The minimum absolute atomic E-state index is 0.0681. The lowest BCUT2D eigenvalue weighted by Gasteiger charge is -2.35. The fourth-order valence-electron chi connectivity index (χ4n) is 4.10. The van der Waals surface area contributed by atoms with Crippen molar-refractivity contribution in [2.45, 2.75) is 25.8 Å². The average molecular weight is 438 g/mol. The van der Waals surface area contributed by atoms with Gasteiger partial charge in [0.15, 0.2) is 5.82 Å². The molecule has 0 spiro atoms. The minimum Gasteiger partial charge on any atom is -0.379 e. The van der Waals surface area contributed by atoms with Crippen molar-refractivity contribution >= 4 is 5.91 Å².